The van der Waals surface area contributed by atoms with Crippen molar-refractivity contribution in [1.82, 2.24) is 4.98 Å². The zero-order valence-electron chi connectivity index (χ0n) is 14.3. The van der Waals surface area contributed by atoms with E-state index in [1.165, 1.54) is 29.5 Å². The number of hydrogen-bond donors (Lipinski definition) is 0. The van der Waals surface area contributed by atoms with Gasteiger partial charge in [-0.2, -0.15) is 5.26 Å². The molecule has 26 heavy (non-hydrogen) atoms. The number of thiazole rings is 1. The minimum Gasteiger partial charge on any atom is -0.454 e. The normalized spacial score (nSPS) is 12.2. The number of aromatic nitrogens is 1. The van der Waals surface area contributed by atoms with Crippen LogP contribution in [0.15, 0.2) is 28.5 Å². The molecule has 0 bridgehead atoms. The van der Waals surface area contributed by atoms with E-state index in [9.17, 15) is 23.3 Å². The van der Waals surface area contributed by atoms with Crippen molar-refractivity contribution in [2.75, 3.05) is 12.9 Å². The number of carbonyl (C=O) groups excluding carboxylic acids is 2. The van der Waals surface area contributed by atoms with Crippen molar-refractivity contribution in [3.8, 4) is 6.07 Å². The summed E-state index contributed by atoms with van der Waals surface area (Å²) < 4.78 is 28.2. The summed E-state index contributed by atoms with van der Waals surface area (Å²) in [5, 5.41) is 11.3. The number of ether oxygens (including phenoxy) is 1. The van der Waals surface area contributed by atoms with Crippen molar-refractivity contribution in [1.29, 1.82) is 5.26 Å². The van der Waals surface area contributed by atoms with E-state index < -0.39 is 34.1 Å². The number of esters is 1. The number of carbonyl (C=O) groups is 2. The lowest BCUT2D eigenvalue weighted by atomic mass is 10.1. The summed E-state index contributed by atoms with van der Waals surface area (Å²) in [7, 11) is -3.48. The predicted octanol–water partition coefficient (Wildman–Crippen LogP) is 2.20. The number of nitrogens with zero attached hydrogens (tertiary/aromatic N) is 2. The maximum absolute atomic E-state index is 12.2. The predicted molar refractivity (Wildman–Crippen MR) is 94.8 cm³/mol. The van der Waals surface area contributed by atoms with Crippen LogP contribution < -0.4 is 0 Å². The van der Waals surface area contributed by atoms with Gasteiger partial charge < -0.3 is 4.74 Å². The number of benzene rings is 1. The summed E-state index contributed by atoms with van der Waals surface area (Å²) in [6.07, 6.45) is 1.03. The van der Waals surface area contributed by atoms with Crippen LogP contribution >= 0.6 is 11.3 Å². The molecule has 7 nitrogen and oxygen atoms in total. The first-order valence-corrected chi connectivity index (χ1v) is 10.2. The highest BCUT2D eigenvalue weighted by Gasteiger charge is 2.25. The summed E-state index contributed by atoms with van der Waals surface area (Å²) in [5.41, 5.74) is 1.27. The van der Waals surface area contributed by atoms with Gasteiger partial charge in [0.2, 0.25) is 0 Å². The molecule has 1 atom stereocenters. The zero-order chi connectivity index (χ0) is 19.5. The fourth-order valence-corrected chi connectivity index (χ4v) is 3.63. The molecule has 0 amide bonds. The van der Waals surface area contributed by atoms with E-state index in [0.29, 0.717) is 16.3 Å². The smallest absolute Gasteiger partial charge is 0.338 e. The molecule has 0 unspecified atom stereocenters. The van der Waals surface area contributed by atoms with E-state index in [4.69, 9.17) is 4.74 Å². The second kappa shape index (κ2) is 7.76. The van der Waals surface area contributed by atoms with E-state index in [0.717, 1.165) is 6.26 Å². The van der Waals surface area contributed by atoms with Crippen molar-refractivity contribution >= 4 is 32.9 Å². The number of nitriles is 1. The van der Waals surface area contributed by atoms with Gasteiger partial charge in [0.05, 0.1) is 16.5 Å². The second-order valence-corrected chi connectivity index (χ2v) is 8.59. The summed E-state index contributed by atoms with van der Waals surface area (Å²) in [5.74, 6) is -2.52. The Labute approximate surface area is 155 Å². The summed E-state index contributed by atoms with van der Waals surface area (Å²) >= 11 is 1.19. The van der Waals surface area contributed by atoms with Crippen LogP contribution in [0.4, 0.5) is 0 Å². The van der Waals surface area contributed by atoms with Crippen molar-refractivity contribution in [2.24, 2.45) is 0 Å². The number of ketones is 1. The maximum atomic E-state index is 12.2. The first-order chi connectivity index (χ1) is 12.1. The maximum Gasteiger partial charge on any atom is 0.338 e. The lowest BCUT2D eigenvalue weighted by Crippen LogP contribution is -2.20. The van der Waals surface area contributed by atoms with E-state index in [1.54, 1.807) is 19.2 Å². The van der Waals surface area contributed by atoms with Crippen LogP contribution in [0.2, 0.25) is 0 Å². The third-order valence-electron chi connectivity index (χ3n) is 3.54. The van der Waals surface area contributed by atoms with Gasteiger partial charge in [0.1, 0.15) is 5.01 Å². The van der Waals surface area contributed by atoms with E-state index in [-0.39, 0.29) is 10.5 Å². The SMILES string of the molecule is Cc1csc([C@H](C#N)C(=O)COC(=O)c2cc(S(C)(=O)=O)ccc2C)n1. The van der Waals surface area contributed by atoms with Crippen LogP contribution in [0.25, 0.3) is 0 Å². The Morgan fingerprint density at radius 2 is 2.04 bits per heavy atom. The van der Waals surface area contributed by atoms with Gasteiger partial charge in [-0.3, -0.25) is 4.79 Å². The third kappa shape index (κ3) is 4.53. The molecule has 9 heteroatoms. The molecule has 2 aromatic rings. The van der Waals surface area contributed by atoms with Crippen molar-refractivity contribution in [3.63, 3.8) is 0 Å². The highest BCUT2D eigenvalue weighted by atomic mass is 32.2. The largest absolute Gasteiger partial charge is 0.454 e. The van der Waals surface area contributed by atoms with Crippen LogP contribution in [-0.4, -0.2) is 38.0 Å². The molecule has 0 fully saturated rings. The minimum absolute atomic E-state index is 0.0189. The minimum atomic E-state index is -3.48. The highest BCUT2D eigenvalue weighted by Crippen LogP contribution is 2.21. The Bertz CT molecular complexity index is 1000. The topological polar surface area (TPSA) is 114 Å². The summed E-state index contributed by atoms with van der Waals surface area (Å²) in [4.78, 5) is 28.5. The molecule has 0 saturated carbocycles. The number of Topliss-reactive ketones (excluding diaryl/α,β-unsaturated/α-hetero) is 1. The lowest BCUT2D eigenvalue weighted by molar-refractivity contribution is -0.122. The van der Waals surface area contributed by atoms with Crippen LogP contribution in [-0.2, 0) is 19.4 Å². The number of rotatable bonds is 6. The number of sulfone groups is 1. The van der Waals surface area contributed by atoms with E-state index in [2.05, 4.69) is 4.98 Å². The molecular weight excluding hydrogens is 376 g/mol. The van der Waals surface area contributed by atoms with Gasteiger partial charge in [-0.05, 0) is 31.5 Å². The van der Waals surface area contributed by atoms with Crippen LogP contribution in [0.3, 0.4) is 0 Å². The first-order valence-electron chi connectivity index (χ1n) is 7.45. The molecule has 2 rings (SSSR count). The molecule has 0 aliphatic heterocycles. The third-order valence-corrected chi connectivity index (χ3v) is 5.68. The average molecular weight is 392 g/mol. The molecule has 0 radical (unpaired) electrons. The summed E-state index contributed by atoms with van der Waals surface area (Å²) in [6, 6.07) is 5.96. The molecule has 1 aromatic heterocycles. The van der Waals surface area contributed by atoms with Gasteiger partial charge in [0.25, 0.3) is 0 Å². The van der Waals surface area contributed by atoms with Crippen LogP contribution in [0.5, 0.6) is 0 Å². The molecule has 0 aliphatic rings. The van der Waals surface area contributed by atoms with Crippen LogP contribution in [0.1, 0.15) is 32.5 Å². The van der Waals surface area contributed by atoms with Crippen molar-refractivity contribution in [3.05, 3.63) is 45.4 Å². The molecule has 1 heterocycles. The quantitative estimate of drug-likeness (QED) is 0.692. The van der Waals surface area contributed by atoms with Gasteiger partial charge in [0, 0.05) is 17.3 Å². The fourth-order valence-electron chi connectivity index (χ4n) is 2.12. The fraction of sp³-hybridized carbons (Fsp3) is 0.294. The van der Waals surface area contributed by atoms with Gasteiger partial charge in [0.15, 0.2) is 28.1 Å². The second-order valence-electron chi connectivity index (χ2n) is 5.68. The van der Waals surface area contributed by atoms with Crippen molar-refractivity contribution in [2.45, 2.75) is 24.7 Å². The number of hydrogen-bond acceptors (Lipinski definition) is 8. The Morgan fingerprint density at radius 3 is 2.58 bits per heavy atom. The first kappa shape index (κ1) is 19.8. The zero-order valence-corrected chi connectivity index (χ0v) is 16.0. The standard InChI is InChI=1S/C17H16N2O5S2/c1-10-4-5-12(26(3,22)23)6-13(10)17(21)24-8-15(20)14(7-18)16-19-11(2)9-25-16/h4-6,9,14H,8H2,1-3H3/t14-/m1/s1. The molecule has 0 aliphatic carbocycles. The molecule has 0 spiro atoms. The Balaban J connectivity index is 2.13. The Kier molecular flexibility index (Phi) is 5.90. The Morgan fingerprint density at radius 1 is 1.35 bits per heavy atom. The lowest BCUT2D eigenvalue weighted by Gasteiger charge is -2.09. The van der Waals surface area contributed by atoms with E-state index in [1.807, 2.05) is 6.07 Å². The molecule has 0 saturated heterocycles. The van der Waals surface area contributed by atoms with E-state index >= 15 is 0 Å². The molecule has 136 valence electrons. The van der Waals surface area contributed by atoms with Crippen molar-refractivity contribution < 1.29 is 22.7 Å². The molecule has 1 aromatic carbocycles. The van der Waals surface area contributed by atoms with Gasteiger partial charge in [-0.25, -0.2) is 18.2 Å². The number of aryl methyl sites for hydroxylation is 2. The van der Waals surface area contributed by atoms with Gasteiger partial charge in [-0.1, -0.05) is 6.07 Å². The van der Waals surface area contributed by atoms with Gasteiger partial charge in [-0.15, -0.1) is 11.3 Å². The average Bonchev–Trinajstić information content (AvgIpc) is 2.98. The molecular formula is C17H16N2O5S2. The monoisotopic (exact) mass is 392 g/mol. The molecule has 0 N–H and O–H groups in total. The highest BCUT2D eigenvalue weighted by molar-refractivity contribution is 7.90. The van der Waals surface area contributed by atoms with Crippen LogP contribution in [0, 0.1) is 25.2 Å². The summed E-state index contributed by atoms with van der Waals surface area (Å²) in [6.45, 7) is 2.77. The van der Waals surface area contributed by atoms with Gasteiger partial charge >= 0.3 is 5.97 Å². The Hall–Kier alpha value is -2.57.